The van der Waals surface area contributed by atoms with Crippen LogP contribution in [0.1, 0.15) is 71.8 Å². The Balaban J connectivity index is 1.37. The predicted octanol–water partition coefficient (Wildman–Crippen LogP) is 4.75. The van der Waals surface area contributed by atoms with Gasteiger partial charge in [0.15, 0.2) is 0 Å². The van der Waals surface area contributed by atoms with E-state index in [1.165, 1.54) is 0 Å². The second kappa shape index (κ2) is 11.0. The molecule has 1 amide bonds. The number of hydrogen-bond acceptors (Lipinski definition) is 4. The highest BCUT2D eigenvalue weighted by molar-refractivity contribution is 5.97. The van der Waals surface area contributed by atoms with Crippen LogP contribution in [0.5, 0.6) is 0 Å². The molecule has 0 spiro atoms. The van der Waals surface area contributed by atoms with Gasteiger partial charge in [-0.25, -0.2) is 8.78 Å². The van der Waals surface area contributed by atoms with Crippen LogP contribution in [0.15, 0.2) is 41.2 Å². The zero-order chi connectivity index (χ0) is 26.9. The average Bonchev–Trinajstić information content (AvgIpc) is 2.87. The zero-order valence-corrected chi connectivity index (χ0v) is 22.4. The van der Waals surface area contributed by atoms with Crippen molar-refractivity contribution < 1.29 is 13.6 Å². The average molecular weight is 525 g/mol. The highest BCUT2D eigenvalue weighted by Gasteiger charge is 2.47. The zero-order valence-electron chi connectivity index (χ0n) is 22.4. The number of hydrogen-bond donors (Lipinski definition) is 2. The number of halogens is 2. The molecule has 38 heavy (non-hydrogen) atoms. The number of benzene rings is 1. The van der Waals surface area contributed by atoms with Crippen molar-refractivity contribution in [1.29, 1.82) is 0 Å². The molecule has 8 heteroatoms. The van der Waals surface area contributed by atoms with Crippen molar-refractivity contribution in [2.24, 2.45) is 0 Å². The first kappa shape index (κ1) is 26.6. The lowest BCUT2D eigenvalue weighted by Gasteiger charge is -2.47. The van der Waals surface area contributed by atoms with E-state index in [9.17, 15) is 18.4 Å². The summed E-state index contributed by atoms with van der Waals surface area (Å²) in [6.45, 7) is 4.79. The maximum atomic E-state index is 13.4. The van der Waals surface area contributed by atoms with Crippen molar-refractivity contribution in [2.75, 3.05) is 24.5 Å². The van der Waals surface area contributed by atoms with Gasteiger partial charge in [-0.3, -0.25) is 14.5 Å². The number of carbonyl (C=O) groups excluding carboxylic acids is 1. The summed E-state index contributed by atoms with van der Waals surface area (Å²) in [5.74, 6) is -2.70. The number of fused-ring (bicyclic) bond motifs is 2. The van der Waals surface area contributed by atoms with Gasteiger partial charge in [0.05, 0.1) is 13.1 Å². The fourth-order valence-corrected chi connectivity index (χ4v) is 6.46. The molecule has 0 bridgehead atoms. The van der Waals surface area contributed by atoms with E-state index >= 15 is 0 Å². The van der Waals surface area contributed by atoms with Gasteiger partial charge in [0.25, 0.3) is 17.4 Å². The maximum Gasteiger partial charge on any atom is 0.272 e. The molecule has 3 heterocycles. The minimum absolute atomic E-state index is 0.108. The molecule has 204 valence electrons. The Morgan fingerprint density at radius 1 is 1.08 bits per heavy atom. The number of anilines is 1. The van der Waals surface area contributed by atoms with Crippen molar-refractivity contribution in [3.05, 3.63) is 74.7 Å². The monoisotopic (exact) mass is 524 g/mol. The summed E-state index contributed by atoms with van der Waals surface area (Å²) in [5.41, 5.74) is 4.95. The van der Waals surface area contributed by atoms with E-state index in [1.54, 1.807) is 0 Å². The minimum atomic E-state index is -2.52. The van der Waals surface area contributed by atoms with E-state index in [0.29, 0.717) is 23.6 Å². The number of alkyl halides is 2. The summed E-state index contributed by atoms with van der Waals surface area (Å²) in [7, 11) is 0. The summed E-state index contributed by atoms with van der Waals surface area (Å²) in [6.07, 6.45) is 10.2. The van der Waals surface area contributed by atoms with Crippen LogP contribution < -0.4 is 15.8 Å². The summed E-state index contributed by atoms with van der Waals surface area (Å²) < 4.78 is 26.8. The minimum Gasteiger partial charge on any atom is -0.369 e. The SMILES string of the molecule is CCN(c1cccc2c1CC=CCCc1cc(C)[nH]c(=O)c1CNC2=O)[C@H]1CC[C@H](N2CC(F)(F)C2)CC1. The van der Waals surface area contributed by atoms with E-state index in [2.05, 4.69) is 40.3 Å². The summed E-state index contributed by atoms with van der Waals surface area (Å²) in [5, 5.41) is 3.01. The van der Waals surface area contributed by atoms with Gasteiger partial charge in [-0.2, -0.15) is 0 Å². The second-order valence-corrected chi connectivity index (χ2v) is 11.0. The van der Waals surface area contributed by atoms with Crippen molar-refractivity contribution in [3.63, 3.8) is 0 Å². The Morgan fingerprint density at radius 2 is 1.84 bits per heavy atom. The van der Waals surface area contributed by atoms with Gasteiger partial charge >= 0.3 is 0 Å². The van der Waals surface area contributed by atoms with Gasteiger partial charge in [-0.05, 0) is 88.1 Å². The molecule has 1 aliphatic carbocycles. The number of aryl methyl sites for hydroxylation is 2. The molecule has 0 unspecified atom stereocenters. The quantitative estimate of drug-likeness (QED) is 0.567. The van der Waals surface area contributed by atoms with E-state index in [0.717, 1.165) is 67.6 Å². The molecule has 2 aromatic rings. The largest absolute Gasteiger partial charge is 0.369 e. The number of aromatic amines is 1. The second-order valence-electron chi connectivity index (χ2n) is 11.0. The lowest BCUT2D eigenvalue weighted by atomic mass is 9.86. The number of allylic oxidation sites excluding steroid dienone is 2. The first-order valence-corrected chi connectivity index (χ1v) is 13.9. The Kier molecular flexibility index (Phi) is 7.70. The molecule has 3 aliphatic rings. The van der Waals surface area contributed by atoms with Crippen molar-refractivity contribution in [3.8, 4) is 0 Å². The van der Waals surface area contributed by atoms with E-state index in [-0.39, 0.29) is 37.1 Å². The van der Waals surface area contributed by atoms with Crippen LogP contribution in [-0.2, 0) is 19.4 Å². The van der Waals surface area contributed by atoms with Crippen LogP contribution in [0, 0.1) is 6.92 Å². The molecule has 2 fully saturated rings. The van der Waals surface area contributed by atoms with Gasteiger partial charge in [0.1, 0.15) is 0 Å². The molecule has 1 saturated heterocycles. The number of nitrogens with one attached hydrogen (secondary N) is 2. The first-order valence-electron chi connectivity index (χ1n) is 13.9. The van der Waals surface area contributed by atoms with Crippen LogP contribution in [-0.4, -0.2) is 53.4 Å². The van der Waals surface area contributed by atoms with Crippen molar-refractivity contribution in [2.45, 2.75) is 83.3 Å². The standard InChI is InChI=1S/C30H38F2N4O2/c1-3-36(23-14-12-22(13-15-23)35-18-30(31,32)19-35)27-11-7-10-25-24(27)9-6-4-5-8-21-16-20(2)34-29(38)26(21)17-33-28(25)37/h4,6-7,10-11,16,22-23H,3,5,8-9,12-15,17-19H2,1-2H3,(H,33,37)(H,34,38)/t22-,23-. The molecule has 1 aromatic heterocycles. The van der Waals surface area contributed by atoms with Crippen LogP contribution in [0.3, 0.4) is 0 Å². The molecule has 1 saturated carbocycles. The molecule has 6 nitrogen and oxygen atoms in total. The van der Waals surface area contributed by atoms with Crippen molar-refractivity contribution >= 4 is 11.6 Å². The number of rotatable bonds is 4. The van der Waals surface area contributed by atoms with Gasteiger partial charge in [-0.1, -0.05) is 18.2 Å². The number of nitrogens with zero attached hydrogens (tertiary/aromatic N) is 2. The third-order valence-corrected chi connectivity index (χ3v) is 8.40. The van der Waals surface area contributed by atoms with Crippen LogP contribution >= 0.6 is 0 Å². The molecule has 0 radical (unpaired) electrons. The molecule has 2 aliphatic heterocycles. The lowest BCUT2D eigenvalue weighted by Crippen LogP contribution is -2.61. The first-order chi connectivity index (χ1) is 18.3. The normalized spacial score (nSPS) is 23.7. The molecular formula is C30H38F2N4O2. The van der Waals surface area contributed by atoms with Gasteiger partial charge in [0, 0.05) is 47.7 Å². The number of carbonyl (C=O) groups is 1. The Labute approximate surface area is 223 Å². The topological polar surface area (TPSA) is 68.4 Å². The lowest BCUT2D eigenvalue weighted by molar-refractivity contribution is -0.149. The van der Waals surface area contributed by atoms with Crippen molar-refractivity contribution in [1.82, 2.24) is 15.2 Å². The van der Waals surface area contributed by atoms with E-state index < -0.39 is 5.92 Å². The molecule has 0 atom stereocenters. The van der Waals surface area contributed by atoms with Crippen LogP contribution in [0.25, 0.3) is 0 Å². The fraction of sp³-hybridized carbons (Fsp3) is 0.533. The molecule has 5 rings (SSSR count). The van der Waals surface area contributed by atoms with E-state index in [4.69, 9.17) is 0 Å². The third-order valence-electron chi connectivity index (χ3n) is 8.40. The van der Waals surface area contributed by atoms with Crippen LogP contribution in [0.4, 0.5) is 14.5 Å². The number of H-pyrrole nitrogens is 1. The van der Waals surface area contributed by atoms with Gasteiger partial charge in [0.2, 0.25) is 0 Å². The number of aromatic nitrogens is 1. The summed E-state index contributed by atoms with van der Waals surface area (Å²) in [4.78, 5) is 33.3. The molecule has 2 N–H and O–H groups in total. The Hall–Kier alpha value is -3.00. The molecule has 1 aromatic carbocycles. The van der Waals surface area contributed by atoms with E-state index in [1.807, 2.05) is 30.0 Å². The number of likely N-dealkylation sites (tertiary alicyclic amines) is 1. The third kappa shape index (κ3) is 5.55. The number of amides is 1. The fourth-order valence-electron chi connectivity index (χ4n) is 6.46. The highest BCUT2D eigenvalue weighted by Crippen LogP contribution is 2.37. The Morgan fingerprint density at radius 3 is 2.55 bits per heavy atom. The van der Waals surface area contributed by atoms with Crippen LogP contribution in [0.2, 0.25) is 0 Å². The van der Waals surface area contributed by atoms with Gasteiger partial charge in [-0.15, -0.1) is 0 Å². The smallest absolute Gasteiger partial charge is 0.272 e. The maximum absolute atomic E-state index is 13.4. The Bertz CT molecular complexity index is 1260. The highest BCUT2D eigenvalue weighted by atomic mass is 19.3. The summed E-state index contributed by atoms with van der Waals surface area (Å²) in [6, 6.07) is 8.44. The predicted molar refractivity (Wildman–Crippen MR) is 146 cm³/mol. The molecular weight excluding hydrogens is 486 g/mol. The van der Waals surface area contributed by atoms with Gasteiger partial charge < -0.3 is 15.2 Å². The summed E-state index contributed by atoms with van der Waals surface area (Å²) >= 11 is 0. The number of pyridine rings is 1.